The number of ether oxygens (including phenoxy) is 3. The molecule has 0 aromatic carbocycles. The molecular weight excluding hydrogens is 1020 g/mol. The summed E-state index contributed by atoms with van der Waals surface area (Å²) in [7, 11) is 0. The van der Waals surface area contributed by atoms with E-state index in [2.05, 4.69) is 57.2 Å². The molecule has 0 aliphatic heterocycles. The van der Waals surface area contributed by atoms with E-state index in [0.717, 1.165) is 70.6 Å². The maximum absolute atomic E-state index is 12.9. The lowest BCUT2D eigenvalue weighted by Gasteiger charge is -2.18. The number of hydrogen-bond acceptors (Lipinski definition) is 6. The zero-order valence-electron chi connectivity index (χ0n) is 56.2. The SMILES string of the molecule is CCCCCCC/C=C\C/C=C\CCCCCCCCCCCCCCCCCCCCCCCCCC(=O)OCC(COC(=O)CCCCCCC)OC(=O)CCCCCCCCCCCCCCC/C=C\CCCCCCCCCC. The van der Waals surface area contributed by atoms with Crippen molar-refractivity contribution >= 4 is 17.9 Å². The minimum absolute atomic E-state index is 0.0665. The van der Waals surface area contributed by atoms with Gasteiger partial charge in [0.2, 0.25) is 0 Å². The average molecular weight is 1170 g/mol. The number of hydrogen-bond donors (Lipinski definition) is 0. The van der Waals surface area contributed by atoms with Gasteiger partial charge in [-0.2, -0.15) is 0 Å². The van der Waals surface area contributed by atoms with Crippen LogP contribution in [0, 0.1) is 0 Å². The van der Waals surface area contributed by atoms with Gasteiger partial charge in [-0.05, 0) is 77.0 Å². The topological polar surface area (TPSA) is 78.9 Å². The van der Waals surface area contributed by atoms with Gasteiger partial charge >= 0.3 is 17.9 Å². The van der Waals surface area contributed by atoms with Gasteiger partial charge in [0, 0.05) is 19.3 Å². The lowest BCUT2D eigenvalue weighted by molar-refractivity contribution is -0.167. The van der Waals surface area contributed by atoms with Crippen LogP contribution in [0.2, 0.25) is 0 Å². The quantitative estimate of drug-likeness (QED) is 0.0261. The molecule has 0 amide bonds. The first kappa shape index (κ1) is 80.6. The van der Waals surface area contributed by atoms with Gasteiger partial charge in [-0.1, -0.05) is 359 Å². The molecule has 0 aromatic heterocycles. The molecule has 0 fully saturated rings. The molecular formula is C77H144O6. The second-order valence-corrected chi connectivity index (χ2v) is 25.6. The molecule has 0 aliphatic rings. The minimum atomic E-state index is -0.766. The van der Waals surface area contributed by atoms with Crippen molar-refractivity contribution in [3.63, 3.8) is 0 Å². The number of esters is 3. The Balaban J connectivity index is 3.87. The molecule has 0 bridgehead atoms. The Morgan fingerprint density at radius 1 is 0.241 bits per heavy atom. The Morgan fingerprint density at radius 3 is 0.675 bits per heavy atom. The Hall–Kier alpha value is -2.37. The van der Waals surface area contributed by atoms with Gasteiger partial charge in [0.15, 0.2) is 6.10 Å². The van der Waals surface area contributed by atoms with Crippen LogP contribution in [-0.2, 0) is 28.6 Å². The van der Waals surface area contributed by atoms with Crippen LogP contribution in [0.25, 0.3) is 0 Å². The molecule has 6 heteroatoms. The molecule has 0 rings (SSSR count). The highest BCUT2D eigenvalue weighted by Crippen LogP contribution is 2.19. The third-order valence-electron chi connectivity index (χ3n) is 17.1. The van der Waals surface area contributed by atoms with Crippen LogP contribution < -0.4 is 0 Å². The summed E-state index contributed by atoms with van der Waals surface area (Å²) in [5.41, 5.74) is 0. The van der Waals surface area contributed by atoms with E-state index >= 15 is 0 Å². The van der Waals surface area contributed by atoms with Gasteiger partial charge in [0.1, 0.15) is 13.2 Å². The van der Waals surface area contributed by atoms with E-state index < -0.39 is 6.10 Å². The number of carbonyl (C=O) groups excluding carboxylic acids is 3. The van der Waals surface area contributed by atoms with Crippen LogP contribution in [0.1, 0.15) is 419 Å². The second kappa shape index (κ2) is 72.1. The van der Waals surface area contributed by atoms with Crippen molar-refractivity contribution < 1.29 is 28.6 Å². The maximum Gasteiger partial charge on any atom is 0.306 e. The fourth-order valence-corrected chi connectivity index (χ4v) is 11.5. The largest absolute Gasteiger partial charge is 0.462 e. The van der Waals surface area contributed by atoms with Gasteiger partial charge in [0.05, 0.1) is 0 Å². The van der Waals surface area contributed by atoms with Crippen LogP contribution in [0.5, 0.6) is 0 Å². The van der Waals surface area contributed by atoms with E-state index in [-0.39, 0.29) is 31.1 Å². The number of unbranched alkanes of at least 4 members (excludes halogenated alkanes) is 53. The smallest absolute Gasteiger partial charge is 0.306 e. The summed E-state index contributed by atoms with van der Waals surface area (Å²) in [6.07, 6.45) is 91.2. The van der Waals surface area contributed by atoms with Gasteiger partial charge in [-0.25, -0.2) is 0 Å². The van der Waals surface area contributed by atoms with E-state index in [9.17, 15) is 14.4 Å². The van der Waals surface area contributed by atoms with Crippen molar-refractivity contribution in [3.05, 3.63) is 36.5 Å². The monoisotopic (exact) mass is 1170 g/mol. The van der Waals surface area contributed by atoms with Crippen LogP contribution in [-0.4, -0.2) is 37.2 Å². The van der Waals surface area contributed by atoms with E-state index in [0.29, 0.717) is 19.3 Å². The van der Waals surface area contributed by atoms with Crippen LogP contribution in [0.3, 0.4) is 0 Å². The van der Waals surface area contributed by atoms with Crippen molar-refractivity contribution in [2.45, 2.75) is 425 Å². The molecule has 0 aliphatic carbocycles. The van der Waals surface area contributed by atoms with Crippen molar-refractivity contribution in [3.8, 4) is 0 Å². The van der Waals surface area contributed by atoms with Gasteiger partial charge in [-0.15, -0.1) is 0 Å². The van der Waals surface area contributed by atoms with E-state index in [1.165, 1.54) is 308 Å². The number of rotatable bonds is 70. The molecule has 0 saturated carbocycles. The Labute approximate surface area is 518 Å². The summed E-state index contributed by atoms with van der Waals surface area (Å²) in [6, 6.07) is 0. The van der Waals surface area contributed by atoms with E-state index in [1.807, 2.05) is 0 Å². The molecule has 0 aromatic rings. The van der Waals surface area contributed by atoms with Crippen LogP contribution in [0.15, 0.2) is 36.5 Å². The molecule has 83 heavy (non-hydrogen) atoms. The Kier molecular flexibility index (Phi) is 70.0. The standard InChI is InChI=1S/C77H144O6/c1-4-7-10-13-15-17-19-21-23-25-27-29-31-33-34-35-36-37-38-39-40-41-42-44-45-47-49-51-53-55-57-59-61-64-67-70-76(79)82-73-74(72-81-75(78)69-66-63-12-9-6-3)83-77(80)71-68-65-62-60-58-56-54-52-50-48-46-43-32-30-28-26-24-22-20-18-16-14-11-8-5-2/h19,21,25-28,74H,4-18,20,22-24,29-73H2,1-3H3/b21-19-,27-25-,28-26-. The molecule has 0 heterocycles. The molecule has 0 radical (unpaired) electrons. The predicted octanol–water partition coefficient (Wildman–Crippen LogP) is 25.9. The summed E-state index contributed by atoms with van der Waals surface area (Å²) in [4.78, 5) is 38.1. The van der Waals surface area contributed by atoms with Crippen LogP contribution in [0.4, 0.5) is 0 Å². The lowest BCUT2D eigenvalue weighted by atomic mass is 10.0. The second-order valence-electron chi connectivity index (χ2n) is 25.6. The highest BCUT2D eigenvalue weighted by atomic mass is 16.6. The normalized spacial score (nSPS) is 12.2. The van der Waals surface area contributed by atoms with Crippen molar-refractivity contribution in [1.82, 2.24) is 0 Å². The molecule has 1 atom stereocenters. The number of carbonyl (C=O) groups is 3. The summed E-state index contributed by atoms with van der Waals surface area (Å²) in [6.45, 7) is 6.62. The summed E-state index contributed by atoms with van der Waals surface area (Å²) in [5, 5.41) is 0. The molecule has 0 spiro atoms. The Bertz CT molecular complexity index is 1380. The molecule has 6 nitrogen and oxygen atoms in total. The minimum Gasteiger partial charge on any atom is -0.462 e. The molecule has 488 valence electrons. The predicted molar refractivity (Wildman–Crippen MR) is 362 cm³/mol. The highest BCUT2D eigenvalue weighted by Gasteiger charge is 2.19. The fraction of sp³-hybridized carbons (Fsp3) is 0.883. The van der Waals surface area contributed by atoms with Gasteiger partial charge < -0.3 is 14.2 Å². The van der Waals surface area contributed by atoms with E-state index in [1.54, 1.807) is 0 Å². The average Bonchev–Trinajstić information content (AvgIpc) is 3.49. The first-order valence-electron chi connectivity index (χ1n) is 37.5. The van der Waals surface area contributed by atoms with Gasteiger partial charge in [0.25, 0.3) is 0 Å². The van der Waals surface area contributed by atoms with E-state index in [4.69, 9.17) is 14.2 Å². The summed E-state index contributed by atoms with van der Waals surface area (Å²) < 4.78 is 16.8. The maximum atomic E-state index is 12.9. The molecule has 0 saturated heterocycles. The van der Waals surface area contributed by atoms with Crippen LogP contribution >= 0.6 is 0 Å². The van der Waals surface area contributed by atoms with Crippen molar-refractivity contribution in [2.75, 3.05) is 13.2 Å². The number of allylic oxidation sites excluding steroid dienone is 6. The summed E-state index contributed by atoms with van der Waals surface area (Å²) in [5.74, 6) is -0.853. The zero-order chi connectivity index (χ0) is 59.9. The molecule has 0 N–H and O–H groups in total. The lowest BCUT2D eigenvalue weighted by Crippen LogP contribution is -2.30. The summed E-state index contributed by atoms with van der Waals surface area (Å²) >= 11 is 0. The zero-order valence-corrected chi connectivity index (χ0v) is 56.2. The van der Waals surface area contributed by atoms with Gasteiger partial charge in [-0.3, -0.25) is 14.4 Å². The third kappa shape index (κ3) is 70.3. The fourth-order valence-electron chi connectivity index (χ4n) is 11.5. The van der Waals surface area contributed by atoms with Crippen molar-refractivity contribution in [2.24, 2.45) is 0 Å². The first-order chi connectivity index (χ1) is 41.0. The third-order valence-corrected chi connectivity index (χ3v) is 17.1. The highest BCUT2D eigenvalue weighted by molar-refractivity contribution is 5.71. The Morgan fingerprint density at radius 2 is 0.434 bits per heavy atom. The molecule has 1 unspecified atom stereocenters. The first-order valence-corrected chi connectivity index (χ1v) is 37.5. The van der Waals surface area contributed by atoms with Crippen molar-refractivity contribution in [1.29, 1.82) is 0 Å².